The molecule has 3 nitrogen and oxygen atoms in total. The highest BCUT2D eigenvalue weighted by Crippen LogP contribution is 2.31. The van der Waals surface area contributed by atoms with Gasteiger partial charge in [-0.05, 0) is 24.6 Å². The van der Waals surface area contributed by atoms with Gasteiger partial charge in [-0.15, -0.1) is 11.3 Å². The minimum absolute atomic E-state index is 0.275. The molecular formula is C13H10Cl2N2OS2. The van der Waals surface area contributed by atoms with Crippen LogP contribution in [-0.4, -0.2) is 10.9 Å². The number of amides is 1. The summed E-state index contributed by atoms with van der Waals surface area (Å²) >= 11 is 17.9. The van der Waals surface area contributed by atoms with E-state index < -0.39 is 0 Å². The molecule has 1 aromatic heterocycles. The Labute approximate surface area is 135 Å². The number of nitrogens with two attached hydrogens (primary N) is 1. The van der Waals surface area contributed by atoms with Crippen LogP contribution in [0.2, 0.25) is 8.67 Å². The molecule has 0 bridgehead atoms. The van der Waals surface area contributed by atoms with Crippen molar-refractivity contribution in [2.75, 3.05) is 5.32 Å². The summed E-state index contributed by atoms with van der Waals surface area (Å²) < 4.78 is 0.824. The van der Waals surface area contributed by atoms with Crippen LogP contribution in [0.3, 0.4) is 0 Å². The number of nitrogens with one attached hydrogen (secondary N) is 1. The summed E-state index contributed by atoms with van der Waals surface area (Å²) in [5.74, 6) is -0.318. The second-order valence-electron chi connectivity index (χ2n) is 4.09. The summed E-state index contributed by atoms with van der Waals surface area (Å²) in [7, 11) is 0. The summed E-state index contributed by atoms with van der Waals surface area (Å²) in [6.07, 6.45) is 0. The summed E-state index contributed by atoms with van der Waals surface area (Å²) in [6.45, 7) is 1.88. The Kier molecular flexibility index (Phi) is 4.65. The Balaban J connectivity index is 2.30. The number of thiocarbonyl (C=S) groups is 1. The maximum absolute atomic E-state index is 12.2. The molecule has 1 amide bonds. The van der Waals surface area contributed by atoms with Gasteiger partial charge >= 0.3 is 0 Å². The molecule has 0 atom stereocenters. The van der Waals surface area contributed by atoms with E-state index in [4.69, 9.17) is 41.2 Å². The summed E-state index contributed by atoms with van der Waals surface area (Å²) in [5.41, 5.74) is 8.16. The molecule has 1 aromatic carbocycles. The largest absolute Gasteiger partial charge is 0.389 e. The maximum Gasteiger partial charge on any atom is 0.258 e. The molecule has 1 heterocycles. The first-order valence-electron chi connectivity index (χ1n) is 5.55. The van der Waals surface area contributed by atoms with E-state index in [1.54, 1.807) is 6.07 Å². The zero-order valence-electron chi connectivity index (χ0n) is 10.4. The highest BCUT2D eigenvalue weighted by Gasteiger charge is 2.15. The Bertz CT molecular complexity index is 698. The average molecular weight is 345 g/mol. The van der Waals surface area contributed by atoms with Crippen LogP contribution in [-0.2, 0) is 0 Å². The van der Waals surface area contributed by atoms with Crippen LogP contribution in [0.4, 0.5) is 5.69 Å². The highest BCUT2D eigenvalue weighted by molar-refractivity contribution is 7.80. The number of anilines is 1. The second-order valence-corrected chi connectivity index (χ2v) is 6.81. The normalized spacial score (nSPS) is 10.3. The molecule has 0 aliphatic carbocycles. The van der Waals surface area contributed by atoms with Gasteiger partial charge in [0.25, 0.3) is 5.91 Å². The van der Waals surface area contributed by atoms with Crippen LogP contribution >= 0.6 is 46.8 Å². The molecule has 0 aliphatic rings. The van der Waals surface area contributed by atoms with Crippen molar-refractivity contribution < 1.29 is 4.79 Å². The monoisotopic (exact) mass is 344 g/mol. The summed E-state index contributed by atoms with van der Waals surface area (Å²) in [6, 6.07) is 6.92. The number of aryl methyl sites for hydroxylation is 1. The fraction of sp³-hybridized carbons (Fsp3) is 0.0769. The van der Waals surface area contributed by atoms with Gasteiger partial charge in [0.05, 0.1) is 9.90 Å². The van der Waals surface area contributed by atoms with Crippen molar-refractivity contribution in [3.63, 3.8) is 0 Å². The van der Waals surface area contributed by atoms with Crippen molar-refractivity contribution in [1.82, 2.24) is 0 Å². The number of rotatable bonds is 3. The van der Waals surface area contributed by atoms with Crippen molar-refractivity contribution in [3.05, 3.63) is 49.6 Å². The number of thiophene rings is 1. The van der Waals surface area contributed by atoms with Crippen molar-refractivity contribution in [3.8, 4) is 0 Å². The van der Waals surface area contributed by atoms with Crippen LogP contribution in [0.1, 0.15) is 21.5 Å². The molecule has 0 fully saturated rings. The Morgan fingerprint density at radius 2 is 2.05 bits per heavy atom. The number of carbonyl (C=O) groups is 1. The molecule has 104 valence electrons. The predicted molar refractivity (Wildman–Crippen MR) is 89.4 cm³/mol. The van der Waals surface area contributed by atoms with Crippen LogP contribution < -0.4 is 11.1 Å². The third-order valence-corrected chi connectivity index (χ3v) is 4.39. The first-order chi connectivity index (χ1) is 9.38. The van der Waals surface area contributed by atoms with Gasteiger partial charge in [-0.1, -0.05) is 47.6 Å². The van der Waals surface area contributed by atoms with Gasteiger partial charge in [-0.3, -0.25) is 4.79 Å². The molecule has 20 heavy (non-hydrogen) atoms. The Hall–Kier alpha value is -1.14. The van der Waals surface area contributed by atoms with Crippen LogP contribution in [0.25, 0.3) is 0 Å². The van der Waals surface area contributed by atoms with Crippen molar-refractivity contribution in [1.29, 1.82) is 0 Å². The Morgan fingerprint density at radius 1 is 1.35 bits per heavy atom. The minimum Gasteiger partial charge on any atom is -0.389 e. The third-order valence-electron chi connectivity index (χ3n) is 2.67. The van der Waals surface area contributed by atoms with E-state index in [1.807, 2.05) is 19.1 Å². The average Bonchev–Trinajstić information content (AvgIpc) is 2.71. The predicted octanol–water partition coefficient (Wildman–Crippen LogP) is 4.25. The molecule has 0 radical (unpaired) electrons. The zero-order valence-corrected chi connectivity index (χ0v) is 13.5. The van der Waals surface area contributed by atoms with Gasteiger partial charge in [-0.2, -0.15) is 0 Å². The maximum atomic E-state index is 12.2. The van der Waals surface area contributed by atoms with E-state index in [1.165, 1.54) is 6.07 Å². The number of hydrogen-bond donors (Lipinski definition) is 2. The van der Waals surface area contributed by atoms with Gasteiger partial charge in [0, 0.05) is 11.3 Å². The van der Waals surface area contributed by atoms with E-state index in [-0.39, 0.29) is 10.9 Å². The number of halogens is 2. The quantitative estimate of drug-likeness (QED) is 0.818. The SMILES string of the molecule is Cc1ccc(C(N)=S)cc1NC(=O)c1cc(Cl)sc1Cl. The van der Waals surface area contributed by atoms with E-state index in [2.05, 4.69) is 5.32 Å². The molecule has 0 spiro atoms. The van der Waals surface area contributed by atoms with Gasteiger partial charge in [-0.25, -0.2) is 0 Å². The van der Waals surface area contributed by atoms with Gasteiger partial charge in [0.2, 0.25) is 0 Å². The fourth-order valence-electron chi connectivity index (χ4n) is 1.59. The standard InChI is InChI=1S/C13H10Cl2N2OS2/c1-6-2-3-7(12(16)19)4-9(6)17-13(18)8-5-10(14)20-11(8)15/h2-5H,1H3,(H2,16,19)(H,17,18). The summed E-state index contributed by atoms with van der Waals surface area (Å²) in [5, 5.41) is 2.79. The van der Waals surface area contributed by atoms with E-state index >= 15 is 0 Å². The van der Waals surface area contributed by atoms with Crippen LogP contribution in [0.5, 0.6) is 0 Å². The lowest BCUT2D eigenvalue weighted by Crippen LogP contribution is -2.14. The molecular weight excluding hydrogens is 335 g/mol. The van der Waals surface area contributed by atoms with E-state index in [9.17, 15) is 4.79 Å². The smallest absolute Gasteiger partial charge is 0.258 e. The lowest BCUT2D eigenvalue weighted by Gasteiger charge is -2.09. The molecule has 0 aliphatic heterocycles. The lowest BCUT2D eigenvalue weighted by molar-refractivity contribution is 0.102. The van der Waals surface area contributed by atoms with Crippen molar-refractivity contribution in [2.45, 2.75) is 6.92 Å². The van der Waals surface area contributed by atoms with Crippen LogP contribution in [0, 0.1) is 6.92 Å². The number of carbonyl (C=O) groups excluding carboxylic acids is 1. The molecule has 7 heteroatoms. The van der Waals surface area contributed by atoms with Crippen molar-refractivity contribution >= 4 is 63.3 Å². The van der Waals surface area contributed by atoms with E-state index in [0.29, 0.717) is 25.5 Å². The van der Waals surface area contributed by atoms with Gasteiger partial charge in [0.1, 0.15) is 9.32 Å². The first kappa shape index (κ1) is 15.3. The molecule has 2 rings (SSSR count). The summed E-state index contributed by atoms with van der Waals surface area (Å²) in [4.78, 5) is 12.4. The molecule has 0 saturated heterocycles. The molecule has 0 unspecified atom stereocenters. The third kappa shape index (κ3) is 3.30. The van der Waals surface area contributed by atoms with E-state index in [0.717, 1.165) is 16.9 Å². The fourth-order valence-corrected chi connectivity index (χ4v) is 3.18. The topological polar surface area (TPSA) is 55.1 Å². The number of hydrogen-bond acceptors (Lipinski definition) is 3. The first-order valence-corrected chi connectivity index (χ1v) is 7.53. The molecule has 2 aromatic rings. The number of benzene rings is 1. The lowest BCUT2D eigenvalue weighted by atomic mass is 10.1. The molecule has 3 N–H and O–H groups in total. The zero-order chi connectivity index (χ0) is 14.9. The molecule has 0 saturated carbocycles. The van der Waals surface area contributed by atoms with Crippen molar-refractivity contribution in [2.24, 2.45) is 5.73 Å². The second kappa shape index (κ2) is 6.10. The minimum atomic E-state index is -0.318. The van der Waals surface area contributed by atoms with Gasteiger partial charge in [0.15, 0.2) is 0 Å². The highest BCUT2D eigenvalue weighted by atomic mass is 35.5. The van der Waals surface area contributed by atoms with Gasteiger partial charge < -0.3 is 11.1 Å². The Morgan fingerprint density at radius 3 is 2.60 bits per heavy atom. The van der Waals surface area contributed by atoms with Crippen LogP contribution in [0.15, 0.2) is 24.3 Å².